The molecule has 0 aromatic carbocycles. The third-order valence-electron chi connectivity index (χ3n) is 0.724. The van der Waals surface area contributed by atoms with Gasteiger partial charge in [0.1, 0.15) is 0 Å². The molecule has 1 heteroatoms. The van der Waals surface area contributed by atoms with Crippen LogP contribution in [0.5, 0.6) is 0 Å². The summed E-state index contributed by atoms with van der Waals surface area (Å²) < 4.78 is 0. The third-order valence-corrected chi connectivity index (χ3v) is 0.724. The zero-order chi connectivity index (χ0) is 4.83. The summed E-state index contributed by atoms with van der Waals surface area (Å²) in [5.74, 6) is 0. The van der Waals surface area contributed by atoms with E-state index in [4.69, 9.17) is 6.58 Å². The van der Waals surface area contributed by atoms with Gasteiger partial charge in [0.2, 0.25) is 0 Å². The second-order valence-corrected chi connectivity index (χ2v) is 1.38. The predicted octanol–water partition coefficient (Wildman–Crippen LogP) is 2.16. The van der Waals surface area contributed by atoms with Crippen molar-refractivity contribution in [2.75, 3.05) is 0 Å². The van der Waals surface area contributed by atoms with Crippen LogP contribution in [0.15, 0.2) is 6.08 Å². The average molecular weight is 142 g/mol. The molecular formula is C6H11Ni+. The van der Waals surface area contributed by atoms with Gasteiger partial charge < -0.3 is 6.58 Å². The second kappa shape index (κ2) is 9.53. The third kappa shape index (κ3) is 10.7. The average Bonchev–Trinajstić information content (AvgIpc) is 1.61. The van der Waals surface area contributed by atoms with Gasteiger partial charge in [0.15, 0.2) is 0 Å². The number of hydrogen-bond donors (Lipinski definition) is 0. The molecule has 0 radical (unpaired) electrons. The Morgan fingerprint density at radius 2 is 2.14 bits per heavy atom. The molecular weight excluding hydrogens is 131 g/mol. The summed E-state index contributed by atoms with van der Waals surface area (Å²) in [5, 5.41) is 0. The molecule has 0 aromatic heterocycles. The van der Waals surface area contributed by atoms with Crippen molar-refractivity contribution in [3.05, 3.63) is 12.7 Å². The van der Waals surface area contributed by atoms with E-state index in [1.54, 1.807) is 6.08 Å². The van der Waals surface area contributed by atoms with Crippen molar-refractivity contribution in [1.82, 2.24) is 0 Å². The topological polar surface area (TPSA) is 0 Å². The summed E-state index contributed by atoms with van der Waals surface area (Å²) in [4.78, 5) is 0. The normalized spacial score (nSPS) is 7.00. The number of unbranched alkanes of at least 4 members (excludes halogenated alkanes) is 2. The first kappa shape index (κ1) is 10.3. The van der Waals surface area contributed by atoms with Crippen molar-refractivity contribution in [3.63, 3.8) is 0 Å². The summed E-state index contributed by atoms with van der Waals surface area (Å²) in [6.07, 6.45) is 5.25. The van der Waals surface area contributed by atoms with Crippen LogP contribution in [0.3, 0.4) is 0 Å². The van der Waals surface area contributed by atoms with Gasteiger partial charge in [-0.25, -0.2) is 0 Å². The van der Waals surface area contributed by atoms with Crippen LogP contribution in [0.1, 0.15) is 26.2 Å². The van der Waals surface area contributed by atoms with Gasteiger partial charge in [-0.2, -0.15) is 0 Å². The van der Waals surface area contributed by atoms with Gasteiger partial charge >= 0.3 is 16.5 Å². The van der Waals surface area contributed by atoms with Crippen LogP contribution in [0.2, 0.25) is 0 Å². The van der Waals surface area contributed by atoms with Crippen molar-refractivity contribution < 1.29 is 16.5 Å². The first-order chi connectivity index (χ1) is 2.91. The first-order valence-electron chi connectivity index (χ1n) is 2.45. The zero-order valence-electron chi connectivity index (χ0n) is 4.59. The molecule has 0 aliphatic carbocycles. The molecule has 0 saturated heterocycles. The van der Waals surface area contributed by atoms with Crippen molar-refractivity contribution in [1.29, 1.82) is 0 Å². The molecule has 0 spiro atoms. The number of hydrogen-bond acceptors (Lipinski definition) is 0. The Kier molecular flexibility index (Phi) is 14.0. The standard InChI is InChI=1S/C6H11.Ni/c1-3-5-6-4-2;/h1,3H,4-6H2,2H3;/q-1;+2. The molecule has 0 aromatic rings. The van der Waals surface area contributed by atoms with Crippen molar-refractivity contribution >= 4 is 0 Å². The summed E-state index contributed by atoms with van der Waals surface area (Å²) in [5.41, 5.74) is 0. The fraction of sp³-hybridized carbons (Fsp3) is 0.667. The van der Waals surface area contributed by atoms with Gasteiger partial charge in [-0.1, -0.05) is 26.2 Å². The molecule has 0 nitrogen and oxygen atoms in total. The Hall–Kier alpha value is 0.234. The van der Waals surface area contributed by atoms with Gasteiger partial charge in [0.05, 0.1) is 0 Å². The van der Waals surface area contributed by atoms with E-state index in [2.05, 4.69) is 6.92 Å². The minimum atomic E-state index is 0. The van der Waals surface area contributed by atoms with Gasteiger partial charge in [0.25, 0.3) is 0 Å². The van der Waals surface area contributed by atoms with Gasteiger partial charge in [0, 0.05) is 0 Å². The van der Waals surface area contributed by atoms with E-state index in [1.165, 1.54) is 12.8 Å². The van der Waals surface area contributed by atoms with Crippen molar-refractivity contribution in [2.45, 2.75) is 26.2 Å². The maximum Gasteiger partial charge on any atom is 2.00 e. The number of allylic oxidation sites excluding steroid dienone is 1. The fourth-order valence-electron chi connectivity index (χ4n) is 0.322. The quantitative estimate of drug-likeness (QED) is 0.321. The van der Waals surface area contributed by atoms with E-state index < -0.39 is 0 Å². The molecule has 0 fully saturated rings. The molecule has 44 valence electrons. The fourth-order valence-corrected chi connectivity index (χ4v) is 0.322. The first-order valence-corrected chi connectivity index (χ1v) is 2.45. The Bertz CT molecular complexity index is 33.2. The second-order valence-electron chi connectivity index (χ2n) is 1.38. The van der Waals surface area contributed by atoms with Gasteiger partial charge in [-0.3, -0.25) is 6.08 Å². The molecule has 0 aliphatic rings. The minimum Gasteiger partial charge on any atom is -0.518 e. The largest absolute Gasteiger partial charge is 2.00 e. The van der Waals surface area contributed by atoms with Crippen molar-refractivity contribution in [2.24, 2.45) is 0 Å². The van der Waals surface area contributed by atoms with Crippen LogP contribution in [0, 0.1) is 6.58 Å². The molecule has 0 unspecified atom stereocenters. The SMILES string of the molecule is [CH-]=CCCCC.[Ni+2]. The maximum absolute atomic E-state index is 5.09. The Morgan fingerprint density at radius 1 is 1.57 bits per heavy atom. The van der Waals surface area contributed by atoms with E-state index in [-0.39, 0.29) is 16.5 Å². The molecule has 0 N–H and O–H groups in total. The maximum atomic E-state index is 5.09. The summed E-state index contributed by atoms with van der Waals surface area (Å²) in [6.45, 7) is 7.25. The molecule has 0 saturated carbocycles. The predicted molar refractivity (Wildman–Crippen MR) is 28.4 cm³/mol. The smallest absolute Gasteiger partial charge is 0.518 e. The Balaban J connectivity index is 0. The Morgan fingerprint density at radius 3 is 2.29 bits per heavy atom. The number of rotatable bonds is 3. The van der Waals surface area contributed by atoms with Crippen LogP contribution >= 0.6 is 0 Å². The summed E-state index contributed by atoms with van der Waals surface area (Å²) in [7, 11) is 0. The van der Waals surface area contributed by atoms with E-state index in [0.29, 0.717) is 0 Å². The van der Waals surface area contributed by atoms with Crippen LogP contribution in [-0.2, 0) is 16.5 Å². The summed E-state index contributed by atoms with van der Waals surface area (Å²) >= 11 is 0. The monoisotopic (exact) mass is 141 g/mol. The van der Waals surface area contributed by atoms with Gasteiger partial charge in [-0.15, -0.1) is 0 Å². The molecule has 7 heavy (non-hydrogen) atoms. The zero-order valence-corrected chi connectivity index (χ0v) is 5.58. The molecule has 0 bridgehead atoms. The summed E-state index contributed by atoms with van der Waals surface area (Å²) in [6, 6.07) is 0. The van der Waals surface area contributed by atoms with E-state index in [1.807, 2.05) is 0 Å². The van der Waals surface area contributed by atoms with E-state index in [0.717, 1.165) is 6.42 Å². The van der Waals surface area contributed by atoms with Crippen LogP contribution in [-0.4, -0.2) is 0 Å². The van der Waals surface area contributed by atoms with E-state index in [9.17, 15) is 0 Å². The van der Waals surface area contributed by atoms with Crippen molar-refractivity contribution in [3.8, 4) is 0 Å². The molecule has 0 atom stereocenters. The Labute approximate surface area is 55.9 Å². The van der Waals surface area contributed by atoms with Gasteiger partial charge in [-0.05, 0) is 0 Å². The minimum absolute atomic E-state index is 0. The molecule has 0 aliphatic heterocycles. The van der Waals surface area contributed by atoms with Crippen LogP contribution in [0.25, 0.3) is 0 Å². The van der Waals surface area contributed by atoms with Crippen LogP contribution in [0.4, 0.5) is 0 Å². The van der Waals surface area contributed by atoms with E-state index >= 15 is 0 Å². The molecule has 0 heterocycles. The molecule has 0 amide bonds. The molecule has 0 rings (SSSR count). The van der Waals surface area contributed by atoms with Crippen LogP contribution < -0.4 is 0 Å².